The molecule has 0 atom stereocenters. The monoisotopic (exact) mass is 345 g/mol. The van der Waals surface area contributed by atoms with Gasteiger partial charge in [-0.05, 0) is 36.4 Å². The smallest absolute Gasteiger partial charge is 0.353 e. The standard InChI is InChI=1S/C15H12ClN5O3/c16-10-3-5-11(6-4-10)20-15-13(21(22)23)14(18-9-19-15)17-8-12-2-1-7-24-12/h1-7,9H,8H2,(H2,17,18,19,20). The van der Waals surface area contributed by atoms with Gasteiger partial charge in [-0.2, -0.15) is 0 Å². The van der Waals surface area contributed by atoms with Crippen molar-refractivity contribution < 1.29 is 9.34 Å². The molecule has 0 saturated heterocycles. The molecule has 0 aliphatic rings. The number of nitrogens with zero attached hydrogens (tertiary/aromatic N) is 3. The Balaban J connectivity index is 1.87. The molecule has 0 unspecified atom stereocenters. The van der Waals surface area contributed by atoms with Crippen LogP contribution in [0.15, 0.2) is 53.4 Å². The molecule has 0 saturated carbocycles. The first kappa shape index (κ1) is 15.8. The molecular weight excluding hydrogens is 334 g/mol. The van der Waals surface area contributed by atoms with Crippen LogP contribution in [-0.2, 0) is 6.54 Å². The number of furan rings is 1. The number of nitrogens with one attached hydrogen (secondary N) is 2. The number of hydrogen-bond donors (Lipinski definition) is 2. The highest BCUT2D eigenvalue weighted by Crippen LogP contribution is 2.31. The first-order valence-electron chi connectivity index (χ1n) is 6.91. The van der Waals surface area contributed by atoms with Crippen molar-refractivity contribution in [2.24, 2.45) is 0 Å². The summed E-state index contributed by atoms with van der Waals surface area (Å²) < 4.78 is 5.19. The van der Waals surface area contributed by atoms with Crippen molar-refractivity contribution in [1.29, 1.82) is 0 Å². The third kappa shape index (κ3) is 3.61. The maximum Gasteiger partial charge on any atom is 0.353 e. The fraction of sp³-hybridized carbons (Fsp3) is 0.0667. The van der Waals surface area contributed by atoms with Crippen LogP contribution >= 0.6 is 11.6 Å². The predicted molar refractivity (Wildman–Crippen MR) is 89.5 cm³/mol. The number of hydrogen-bond acceptors (Lipinski definition) is 7. The highest BCUT2D eigenvalue weighted by Gasteiger charge is 2.23. The predicted octanol–water partition coefficient (Wildman–Crippen LogP) is 3.99. The molecule has 0 amide bonds. The van der Waals surface area contributed by atoms with E-state index in [0.717, 1.165) is 0 Å². The fourth-order valence-electron chi connectivity index (χ4n) is 2.03. The molecule has 2 heterocycles. The second kappa shape index (κ2) is 6.97. The Morgan fingerprint density at radius 3 is 2.58 bits per heavy atom. The van der Waals surface area contributed by atoms with Gasteiger partial charge in [-0.25, -0.2) is 9.97 Å². The SMILES string of the molecule is O=[N+]([O-])c1c(NCc2ccco2)ncnc1Nc1ccc(Cl)cc1. The zero-order chi connectivity index (χ0) is 16.9. The summed E-state index contributed by atoms with van der Waals surface area (Å²) >= 11 is 5.83. The number of nitro groups is 1. The molecule has 9 heteroatoms. The van der Waals surface area contributed by atoms with Gasteiger partial charge in [0.1, 0.15) is 12.1 Å². The highest BCUT2D eigenvalue weighted by atomic mass is 35.5. The molecule has 0 aliphatic heterocycles. The Morgan fingerprint density at radius 2 is 1.92 bits per heavy atom. The summed E-state index contributed by atoms with van der Waals surface area (Å²) in [7, 11) is 0. The summed E-state index contributed by atoms with van der Waals surface area (Å²) in [4.78, 5) is 18.8. The van der Waals surface area contributed by atoms with E-state index in [1.165, 1.54) is 12.6 Å². The van der Waals surface area contributed by atoms with E-state index in [0.29, 0.717) is 16.5 Å². The molecule has 24 heavy (non-hydrogen) atoms. The number of anilines is 3. The number of rotatable bonds is 6. The molecular formula is C15H12ClN5O3. The van der Waals surface area contributed by atoms with Crippen molar-refractivity contribution >= 4 is 34.6 Å². The quantitative estimate of drug-likeness (QED) is 0.514. The number of aromatic nitrogens is 2. The van der Waals surface area contributed by atoms with Crippen molar-refractivity contribution in [3.8, 4) is 0 Å². The van der Waals surface area contributed by atoms with Gasteiger partial charge in [0.25, 0.3) is 0 Å². The van der Waals surface area contributed by atoms with Crippen LogP contribution in [0.4, 0.5) is 23.0 Å². The highest BCUT2D eigenvalue weighted by molar-refractivity contribution is 6.30. The van der Waals surface area contributed by atoms with Crippen molar-refractivity contribution in [1.82, 2.24) is 9.97 Å². The lowest BCUT2D eigenvalue weighted by molar-refractivity contribution is -0.383. The summed E-state index contributed by atoms with van der Waals surface area (Å²) in [6.07, 6.45) is 2.77. The van der Waals surface area contributed by atoms with E-state index in [1.54, 1.807) is 36.4 Å². The second-order valence-electron chi connectivity index (χ2n) is 4.74. The van der Waals surface area contributed by atoms with Gasteiger partial charge in [0, 0.05) is 10.7 Å². The van der Waals surface area contributed by atoms with Crippen LogP contribution in [0.2, 0.25) is 5.02 Å². The topological polar surface area (TPSA) is 106 Å². The Hall–Kier alpha value is -3.13. The molecule has 0 fully saturated rings. The van der Waals surface area contributed by atoms with Crippen LogP contribution in [0.3, 0.4) is 0 Å². The van der Waals surface area contributed by atoms with E-state index in [4.69, 9.17) is 16.0 Å². The van der Waals surface area contributed by atoms with Gasteiger partial charge in [-0.3, -0.25) is 10.1 Å². The first-order chi connectivity index (χ1) is 11.6. The van der Waals surface area contributed by atoms with Gasteiger partial charge < -0.3 is 15.1 Å². The second-order valence-corrected chi connectivity index (χ2v) is 5.18. The summed E-state index contributed by atoms with van der Waals surface area (Å²) in [6.45, 7) is 0.269. The summed E-state index contributed by atoms with van der Waals surface area (Å²) in [6, 6.07) is 10.2. The Bertz CT molecular complexity index is 837. The summed E-state index contributed by atoms with van der Waals surface area (Å²) in [5.74, 6) is 0.817. The molecule has 3 aromatic rings. The van der Waals surface area contributed by atoms with Gasteiger partial charge in [-0.1, -0.05) is 11.6 Å². The molecule has 0 bridgehead atoms. The summed E-state index contributed by atoms with van der Waals surface area (Å²) in [5, 5.41) is 17.8. The molecule has 0 spiro atoms. The molecule has 3 rings (SSSR count). The van der Waals surface area contributed by atoms with Crippen molar-refractivity contribution in [3.05, 3.63) is 69.9 Å². The molecule has 8 nitrogen and oxygen atoms in total. The van der Waals surface area contributed by atoms with E-state index < -0.39 is 4.92 Å². The lowest BCUT2D eigenvalue weighted by Gasteiger charge is -2.09. The van der Waals surface area contributed by atoms with Crippen LogP contribution in [0.5, 0.6) is 0 Å². The van der Waals surface area contributed by atoms with E-state index in [-0.39, 0.29) is 23.9 Å². The normalized spacial score (nSPS) is 10.4. The minimum Gasteiger partial charge on any atom is -0.467 e. The maximum atomic E-state index is 11.4. The maximum absolute atomic E-state index is 11.4. The van der Waals surface area contributed by atoms with Crippen molar-refractivity contribution in [2.45, 2.75) is 6.54 Å². The van der Waals surface area contributed by atoms with Crippen molar-refractivity contribution in [2.75, 3.05) is 10.6 Å². The van der Waals surface area contributed by atoms with Crippen LogP contribution in [-0.4, -0.2) is 14.9 Å². The average Bonchev–Trinajstić information content (AvgIpc) is 3.08. The molecule has 0 aliphatic carbocycles. The van der Waals surface area contributed by atoms with Crippen molar-refractivity contribution in [3.63, 3.8) is 0 Å². The molecule has 2 N–H and O–H groups in total. The van der Waals surface area contributed by atoms with E-state index in [1.807, 2.05) is 0 Å². The van der Waals surface area contributed by atoms with Crippen LogP contribution < -0.4 is 10.6 Å². The lowest BCUT2D eigenvalue weighted by Crippen LogP contribution is -2.08. The van der Waals surface area contributed by atoms with Crippen LogP contribution in [0, 0.1) is 10.1 Å². The number of halogens is 1. The largest absolute Gasteiger partial charge is 0.467 e. The van der Waals surface area contributed by atoms with Gasteiger partial charge >= 0.3 is 5.69 Å². The Labute approximate surface area is 141 Å². The van der Waals surface area contributed by atoms with E-state index in [2.05, 4.69) is 20.6 Å². The zero-order valence-electron chi connectivity index (χ0n) is 12.3. The molecule has 2 aromatic heterocycles. The summed E-state index contributed by atoms with van der Waals surface area (Å²) in [5.41, 5.74) is 0.372. The molecule has 0 radical (unpaired) electrons. The number of benzene rings is 1. The van der Waals surface area contributed by atoms with Crippen LogP contribution in [0.1, 0.15) is 5.76 Å². The lowest BCUT2D eigenvalue weighted by atomic mass is 10.3. The van der Waals surface area contributed by atoms with E-state index >= 15 is 0 Å². The van der Waals surface area contributed by atoms with Gasteiger partial charge in [0.05, 0.1) is 17.7 Å². The Morgan fingerprint density at radius 1 is 1.17 bits per heavy atom. The van der Waals surface area contributed by atoms with Crippen LogP contribution in [0.25, 0.3) is 0 Å². The van der Waals surface area contributed by atoms with E-state index in [9.17, 15) is 10.1 Å². The van der Waals surface area contributed by atoms with Gasteiger partial charge in [0.2, 0.25) is 11.6 Å². The third-order valence-electron chi connectivity index (χ3n) is 3.12. The molecule has 122 valence electrons. The minimum absolute atomic E-state index is 0.0827. The third-order valence-corrected chi connectivity index (χ3v) is 3.37. The minimum atomic E-state index is -0.539. The molecule has 1 aromatic carbocycles. The fourth-order valence-corrected chi connectivity index (χ4v) is 2.15. The first-order valence-corrected chi connectivity index (χ1v) is 7.29. The zero-order valence-corrected chi connectivity index (χ0v) is 13.0. The van der Waals surface area contributed by atoms with Gasteiger partial charge in [0.15, 0.2) is 0 Å². The average molecular weight is 346 g/mol. The van der Waals surface area contributed by atoms with Gasteiger partial charge in [-0.15, -0.1) is 0 Å². The Kier molecular flexibility index (Phi) is 4.57.